The molecule has 2 aliphatic rings. The highest BCUT2D eigenvalue weighted by Gasteiger charge is 2.22. The lowest BCUT2D eigenvalue weighted by Gasteiger charge is -2.21. The third-order valence-electron chi connectivity index (χ3n) is 11.9. The lowest BCUT2D eigenvalue weighted by molar-refractivity contribution is 0.0592. The third kappa shape index (κ3) is 12.1. The Morgan fingerprint density at radius 2 is 1.20 bits per heavy atom. The molecule has 8 rings (SSSR count). The fraction of sp³-hybridized carbons (Fsp3) is 0.400. The molecule has 0 amide bonds. The van der Waals surface area contributed by atoms with E-state index in [1.165, 1.54) is 138 Å². The number of carbonyl (C=O) groups is 2. The molecular weight excluding hydrogens is 979 g/mol. The van der Waals surface area contributed by atoms with Gasteiger partial charge in [-0.25, -0.2) is 9.59 Å². The first-order valence-electron chi connectivity index (χ1n) is 21.2. The summed E-state index contributed by atoms with van der Waals surface area (Å²) in [5.41, 5.74) is 9.04. The monoisotopic (exact) mass is 1030 g/mol. The largest absolute Gasteiger partial charge is 0.465 e. The highest BCUT2D eigenvalue weighted by atomic mass is 127. The Morgan fingerprint density at radius 3 is 1.76 bits per heavy atom. The van der Waals surface area contributed by atoms with Crippen LogP contribution in [0.2, 0.25) is 0 Å². The van der Waals surface area contributed by atoms with Crippen LogP contribution in [-0.4, -0.2) is 40.1 Å². The summed E-state index contributed by atoms with van der Waals surface area (Å²) in [6.45, 7) is 0.940. The summed E-state index contributed by atoms with van der Waals surface area (Å²) in [5.74, 6) is 0.758. The van der Waals surface area contributed by atoms with Crippen LogP contribution in [0, 0.1) is 0 Å². The van der Waals surface area contributed by atoms with Crippen molar-refractivity contribution in [1.82, 2.24) is 9.55 Å². The number of nitrogens with one attached hydrogen (secondary N) is 1. The predicted molar refractivity (Wildman–Crippen MR) is 258 cm³/mol. The summed E-state index contributed by atoms with van der Waals surface area (Å²) in [7, 11) is 2.85. The van der Waals surface area contributed by atoms with E-state index in [0.717, 1.165) is 30.4 Å². The van der Waals surface area contributed by atoms with Crippen molar-refractivity contribution in [2.24, 2.45) is 0 Å². The van der Waals surface area contributed by atoms with Gasteiger partial charge >= 0.3 is 11.9 Å². The molecule has 2 heterocycles. The van der Waals surface area contributed by atoms with Gasteiger partial charge in [0.25, 0.3) is 0 Å². The maximum Gasteiger partial charge on any atom is 0.337 e. The first-order chi connectivity index (χ1) is 28.8. The summed E-state index contributed by atoms with van der Waals surface area (Å²) in [6, 6.07) is 28.7. The number of ether oxygens (including phenoxy) is 2. The number of alkyl halides is 1. The number of hydrogen-bond donors (Lipinski definition) is 1. The molecule has 9 heteroatoms. The molecule has 2 aromatic heterocycles. The maximum atomic E-state index is 12.1. The van der Waals surface area contributed by atoms with Crippen molar-refractivity contribution < 1.29 is 19.1 Å². The molecule has 2 saturated carbocycles. The standard InChI is InChI=1S/C25H28BrNO2.C16H19NO2.C9H10BrI/c1-29-25(28)20-13-14-21-22(18-8-3-2-4-9-18)17-27(24(21)16-20)15-7-11-19-10-5-6-12-23(19)26;1-19-16(18)12-7-8-13-14(10-17-15(13)9-12)11-5-3-2-4-6-11;10-9-6-2-1-4-8(9)5-3-7-11/h5-6,10,12-14,16-18H,2-4,7-9,11,15H2,1H3;7-11,17H,2-6H2,1H3;1-2,4,6H,3,5,7H2. The third-order valence-corrected chi connectivity index (χ3v) is 14.2. The van der Waals surface area contributed by atoms with E-state index in [1.807, 2.05) is 30.3 Å². The Kier molecular flexibility index (Phi) is 17.6. The van der Waals surface area contributed by atoms with Crippen LogP contribution in [-0.2, 0) is 28.9 Å². The van der Waals surface area contributed by atoms with Crippen LogP contribution in [0.15, 0.2) is 106 Å². The number of esters is 2. The number of aromatic amines is 1. The number of methoxy groups -OCH3 is 2. The van der Waals surface area contributed by atoms with Crippen molar-refractivity contribution >= 4 is 88.2 Å². The van der Waals surface area contributed by atoms with Crippen molar-refractivity contribution in [3.05, 3.63) is 140 Å². The van der Waals surface area contributed by atoms with Crippen molar-refractivity contribution in [3.8, 4) is 0 Å². The number of H-pyrrole nitrogens is 1. The van der Waals surface area contributed by atoms with E-state index in [-0.39, 0.29) is 11.9 Å². The molecule has 2 fully saturated rings. The zero-order chi connectivity index (χ0) is 41.6. The Bertz CT molecular complexity index is 2290. The van der Waals surface area contributed by atoms with Gasteiger partial charge in [-0.3, -0.25) is 0 Å². The van der Waals surface area contributed by atoms with E-state index in [0.29, 0.717) is 23.0 Å². The molecule has 0 aliphatic heterocycles. The van der Waals surface area contributed by atoms with E-state index < -0.39 is 0 Å². The Balaban J connectivity index is 0.000000166. The van der Waals surface area contributed by atoms with E-state index >= 15 is 0 Å². The van der Waals surface area contributed by atoms with E-state index in [2.05, 4.69) is 131 Å². The zero-order valence-corrected chi connectivity index (χ0v) is 39.7. The molecular formula is C50H57Br2IN2O4. The van der Waals surface area contributed by atoms with Gasteiger partial charge in [-0.05, 0) is 126 Å². The molecule has 0 radical (unpaired) electrons. The smallest absolute Gasteiger partial charge is 0.337 e. The van der Waals surface area contributed by atoms with Gasteiger partial charge in [-0.15, -0.1) is 0 Å². The molecule has 6 aromatic rings. The number of aryl methyl sites for hydroxylation is 3. The number of aromatic nitrogens is 2. The molecule has 2 aliphatic carbocycles. The van der Waals surface area contributed by atoms with Gasteiger partial charge in [-0.2, -0.15) is 0 Å². The zero-order valence-electron chi connectivity index (χ0n) is 34.4. The molecule has 0 spiro atoms. The Labute approximate surface area is 380 Å². The number of benzene rings is 4. The molecule has 312 valence electrons. The average molecular weight is 1040 g/mol. The quantitative estimate of drug-likeness (QED) is 0.0797. The van der Waals surface area contributed by atoms with Crippen molar-refractivity contribution in [2.75, 3.05) is 18.6 Å². The first kappa shape index (κ1) is 45.1. The molecule has 0 atom stereocenters. The fourth-order valence-electron chi connectivity index (χ4n) is 8.73. The maximum absolute atomic E-state index is 12.1. The lowest BCUT2D eigenvalue weighted by atomic mass is 9.84. The number of rotatable bonds is 11. The van der Waals surface area contributed by atoms with E-state index in [1.54, 1.807) is 0 Å². The number of halogens is 3. The first-order valence-corrected chi connectivity index (χ1v) is 24.4. The summed E-state index contributed by atoms with van der Waals surface area (Å²) in [4.78, 5) is 26.9. The minimum atomic E-state index is -0.282. The van der Waals surface area contributed by atoms with Crippen LogP contribution in [0.5, 0.6) is 0 Å². The van der Waals surface area contributed by atoms with Gasteiger partial charge in [0.15, 0.2) is 0 Å². The van der Waals surface area contributed by atoms with Crippen LogP contribution in [0.3, 0.4) is 0 Å². The number of nitrogens with zero attached hydrogens (tertiary/aromatic N) is 1. The highest BCUT2D eigenvalue weighted by Crippen LogP contribution is 2.39. The second-order valence-electron chi connectivity index (χ2n) is 15.7. The normalized spacial score (nSPS) is 14.6. The Morgan fingerprint density at radius 1 is 0.678 bits per heavy atom. The number of carbonyl (C=O) groups excluding carboxylic acids is 2. The van der Waals surface area contributed by atoms with Gasteiger partial charge in [0.2, 0.25) is 0 Å². The van der Waals surface area contributed by atoms with Crippen LogP contribution >= 0.6 is 54.5 Å². The number of hydrogen-bond acceptors (Lipinski definition) is 4. The van der Waals surface area contributed by atoms with E-state index in [4.69, 9.17) is 9.47 Å². The molecule has 0 saturated heterocycles. The summed E-state index contributed by atoms with van der Waals surface area (Å²) in [6.07, 6.45) is 22.1. The topological polar surface area (TPSA) is 73.3 Å². The van der Waals surface area contributed by atoms with Crippen LogP contribution < -0.4 is 0 Å². The molecule has 0 bridgehead atoms. The van der Waals surface area contributed by atoms with Gasteiger partial charge in [-0.1, -0.05) is 142 Å². The fourth-order valence-corrected chi connectivity index (χ4v) is 10.1. The molecule has 6 nitrogen and oxygen atoms in total. The van der Waals surface area contributed by atoms with E-state index in [9.17, 15) is 9.59 Å². The molecule has 1 N–H and O–H groups in total. The highest BCUT2D eigenvalue weighted by molar-refractivity contribution is 14.1. The second-order valence-corrected chi connectivity index (χ2v) is 18.5. The van der Waals surface area contributed by atoms with Gasteiger partial charge < -0.3 is 19.0 Å². The molecule has 4 aromatic carbocycles. The van der Waals surface area contributed by atoms with Crippen molar-refractivity contribution in [1.29, 1.82) is 0 Å². The van der Waals surface area contributed by atoms with Gasteiger partial charge in [0, 0.05) is 49.7 Å². The minimum Gasteiger partial charge on any atom is -0.465 e. The Hall–Kier alpha value is -3.41. The SMILES string of the molecule is Brc1ccccc1CCCI.COC(=O)c1ccc2c(C3CCCCC3)c[nH]c2c1.COC(=O)c1ccc2c(C3CCCCC3)cn(CCCc3ccccc3Br)c2c1. The van der Waals surface area contributed by atoms with Gasteiger partial charge in [0.1, 0.15) is 0 Å². The molecule has 59 heavy (non-hydrogen) atoms. The van der Waals surface area contributed by atoms with Crippen molar-refractivity contribution in [3.63, 3.8) is 0 Å². The second kappa shape index (κ2) is 23.0. The average Bonchev–Trinajstić information content (AvgIpc) is 3.88. The van der Waals surface area contributed by atoms with Crippen LogP contribution in [0.25, 0.3) is 21.8 Å². The minimum absolute atomic E-state index is 0.271. The van der Waals surface area contributed by atoms with Crippen LogP contribution in [0.4, 0.5) is 0 Å². The van der Waals surface area contributed by atoms with Gasteiger partial charge in [0.05, 0.1) is 25.3 Å². The number of fused-ring (bicyclic) bond motifs is 2. The van der Waals surface area contributed by atoms with Crippen LogP contribution in [0.1, 0.15) is 132 Å². The summed E-state index contributed by atoms with van der Waals surface area (Å²) >= 11 is 9.59. The lowest BCUT2D eigenvalue weighted by Crippen LogP contribution is -2.04. The van der Waals surface area contributed by atoms with Crippen molar-refractivity contribution in [2.45, 2.75) is 108 Å². The summed E-state index contributed by atoms with van der Waals surface area (Å²) < 4.78 is 15.7. The summed E-state index contributed by atoms with van der Waals surface area (Å²) in [5, 5.41) is 2.55. The molecule has 0 unspecified atom stereocenters. The predicted octanol–water partition coefficient (Wildman–Crippen LogP) is 14.7.